The predicted octanol–water partition coefficient (Wildman–Crippen LogP) is 3.76. The number of phenolic OH excluding ortho intramolecular Hbond substituents is 1. The van der Waals surface area contributed by atoms with Gasteiger partial charge in [-0.25, -0.2) is 13.6 Å². The molecule has 0 aliphatic rings. The Balaban J connectivity index is 2.43. The molecule has 1 aromatic heterocycles. The average Bonchev–Trinajstić information content (AvgIpc) is 2.58. The van der Waals surface area contributed by atoms with E-state index >= 15 is 4.39 Å². The quantitative estimate of drug-likeness (QED) is 0.743. The van der Waals surface area contributed by atoms with Gasteiger partial charge in [0.05, 0.1) is 16.5 Å². The Bertz CT molecular complexity index is 1070. The second kappa shape index (κ2) is 6.59. The van der Waals surface area contributed by atoms with Gasteiger partial charge in [-0.1, -0.05) is 19.1 Å². The Hall–Kier alpha value is -3.22. The van der Waals surface area contributed by atoms with Crippen LogP contribution < -0.4 is 5.43 Å². The second-order valence-electron chi connectivity index (χ2n) is 5.86. The first-order chi connectivity index (χ1) is 12.3. The Morgan fingerprint density at radius 2 is 1.85 bits per heavy atom. The number of hydrogen-bond donors (Lipinski definition) is 2. The fourth-order valence-corrected chi connectivity index (χ4v) is 2.95. The highest BCUT2D eigenvalue weighted by Crippen LogP contribution is 2.32. The van der Waals surface area contributed by atoms with Crippen molar-refractivity contribution in [2.45, 2.75) is 19.9 Å². The molecule has 2 aromatic carbocycles. The number of aryl methyl sites for hydroxylation is 1. The lowest BCUT2D eigenvalue weighted by Gasteiger charge is -2.15. The van der Waals surface area contributed by atoms with Gasteiger partial charge in [0.15, 0.2) is 5.82 Å². The first kappa shape index (κ1) is 17.6. The van der Waals surface area contributed by atoms with Crippen LogP contribution in [0.15, 0.2) is 41.3 Å². The number of aromatic hydroxyl groups is 1. The van der Waals surface area contributed by atoms with E-state index in [0.717, 1.165) is 12.3 Å². The van der Waals surface area contributed by atoms with Gasteiger partial charge < -0.3 is 14.8 Å². The highest BCUT2D eigenvalue weighted by atomic mass is 19.1. The normalized spacial score (nSPS) is 11.0. The van der Waals surface area contributed by atoms with Crippen molar-refractivity contribution in [3.63, 3.8) is 0 Å². The number of carboxylic acid groups (broad SMARTS) is 1. The maximum atomic E-state index is 15.2. The molecule has 2 N–H and O–H groups in total. The lowest BCUT2D eigenvalue weighted by Crippen LogP contribution is -2.20. The van der Waals surface area contributed by atoms with Gasteiger partial charge in [0.1, 0.15) is 17.1 Å². The zero-order valence-corrected chi connectivity index (χ0v) is 13.8. The molecule has 0 aliphatic carbocycles. The zero-order chi connectivity index (χ0) is 19.0. The summed E-state index contributed by atoms with van der Waals surface area (Å²) in [5.74, 6) is -3.44. The molecule has 5 nitrogen and oxygen atoms in total. The van der Waals surface area contributed by atoms with Crippen LogP contribution in [0.4, 0.5) is 8.78 Å². The van der Waals surface area contributed by atoms with E-state index in [0.29, 0.717) is 6.42 Å². The zero-order valence-electron chi connectivity index (χ0n) is 13.8. The first-order valence-electron chi connectivity index (χ1n) is 7.93. The third-order valence-corrected chi connectivity index (χ3v) is 4.10. The highest BCUT2D eigenvalue weighted by Gasteiger charge is 2.22. The summed E-state index contributed by atoms with van der Waals surface area (Å²) in [5.41, 5.74) is -1.77. The molecule has 0 fully saturated rings. The van der Waals surface area contributed by atoms with Crippen molar-refractivity contribution >= 4 is 16.9 Å². The van der Waals surface area contributed by atoms with Crippen molar-refractivity contribution < 1.29 is 23.8 Å². The molecule has 1 heterocycles. The third kappa shape index (κ3) is 2.81. The molecule has 0 saturated heterocycles. The number of fused-ring (bicyclic) bond motifs is 1. The van der Waals surface area contributed by atoms with Crippen LogP contribution in [0.25, 0.3) is 22.0 Å². The molecule has 0 bridgehead atoms. The average molecular weight is 359 g/mol. The number of nitrogens with zero attached hydrogens (tertiary/aromatic N) is 1. The molecule has 0 radical (unpaired) electrons. The Kier molecular flexibility index (Phi) is 4.46. The van der Waals surface area contributed by atoms with Crippen molar-refractivity contribution in [2.24, 2.45) is 0 Å². The molecule has 26 heavy (non-hydrogen) atoms. The molecule has 0 spiro atoms. The Morgan fingerprint density at radius 1 is 1.19 bits per heavy atom. The summed E-state index contributed by atoms with van der Waals surface area (Å²) >= 11 is 0. The van der Waals surface area contributed by atoms with E-state index in [4.69, 9.17) is 0 Å². The van der Waals surface area contributed by atoms with Crippen molar-refractivity contribution in [2.75, 3.05) is 0 Å². The molecular weight excluding hydrogens is 344 g/mol. The lowest BCUT2D eigenvalue weighted by atomic mass is 10.0. The van der Waals surface area contributed by atoms with Crippen LogP contribution in [0.5, 0.6) is 5.75 Å². The summed E-state index contributed by atoms with van der Waals surface area (Å²) < 4.78 is 31.1. The van der Waals surface area contributed by atoms with Crippen molar-refractivity contribution in [1.29, 1.82) is 0 Å². The van der Waals surface area contributed by atoms with E-state index < -0.39 is 28.6 Å². The molecule has 3 aromatic rings. The van der Waals surface area contributed by atoms with Gasteiger partial charge in [-0.15, -0.1) is 0 Å². The Labute approximate surface area is 146 Å². The third-order valence-electron chi connectivity index (χ3n) is 4.10. The van der Waals surface area contributed by atoms with Gasteiger partial charge >= 0.3 is 5.97 Å². The summed E-state index contributed by atoms with van der Waals surface area (Å²) in [7, 11) is 0. The number of hydrogen-bond acceptors (Lipinski definition) is 3. The molecule has 0 aliphatic heterocycles. The fraction of sp³-hybridized carbons (Fsp3) is 0.158. The number of carbonyl (C=O) groups is 1. The van der Waals surface area contributed by atoms with Gasteiger partial charge in [-0.3, -0.25) is 4.79 Å². The lowest BCUT2D eigenvalue weighted by molar-refractivity contribution is 0.0694. The summed E-state index contributed by atoms with van der Waals surface area (Å²) in [6.07, 6.45) is 1.64. The number of benzene rings is 2. The minimum absolute atomic E-state index is 0.0515. The number of carboxylic acids is 1. The van der Waals surface area contributed by atoms with Crippen LogP contribution in [-0.4, -0.2) is 20.7 Å². The number of aromatic nitrogens is 1. The van der Waals surface area contributed by atoms with Gasteiger partial charge in [0, 0.05) is 12.7 Å². The van der Waals surface area contributed by atoms with Crippen LogP contribution in [0.3, 0.4) is 0 Å². The van der Waals surface area contributed by atoms with E-state index in [9.17, 15) is 24.2 Å². The standard InChI is InChI=1S/C19H15F2NO4/c1-2-7-22-9-13(19(25)26)18(24)12-8-14(20)15(16(21)17(12)22)10-3-5-11(23)6-4-10/h3-6,8-9,23H,2,7H2,1H3,(H,25,26). The van der Waals surface area contributed by atoms with E-state index in [1.165, 1.54) is 28.8 Å². The largest absolute Gasteiger partial charge is 0.508 e. The molecule has 0 atom stereocenters. The molecule has 0 unspecified atom stereocenters. The van der Waals surface area contributed by atoms with Crippen LogP contribution in [0, 0.1) is 11.6 Å². The van der Waals surface area contributed by atoms with E-state index in [2.05, 4.69) is 0 Å². The fourth-order valence-electron chi connectivity index (χ4n) is 2.95. The van der Waals surface area contributed by atoms with Crippen LogP contribution in [0.2, 0.25) is 0 Å². The first-order valence-corrected chi connectivity index (χ1v) is 7.93. The molecule has 0 saturated carbocycles. The molecule has 0 amide bonds. The number of rotatable bonds is 4. The summed E-state index contributed by atoms with van der Waals surface area (Å²) in [4.78, 5) is 23.7. The molecule has 134 valence electrons. The van der Waals surface area contributed by atoms with Crippen molar-refractivity contribution in [3.8, 4) is 16.9 Å². The van der Waals surface area contributed by atoms with Crippen molar-refractivity contribution in [1.82, 2.24) is 4.57 Å². The maximum Gasteiger partial charge on any atom is 0.341 e. The van der Waals surface area contributed by atoms with E-state index in [1.54, 1.807) is 0 Å². The minimum atomic E-state index is -1.45. The van der Waals surface area contributed by atoms with Crippen LogP contribution >= 0.6 is 0 Å². The number of aromatic carboxylic acids is 1. The number of pyridine rings is 1. The number of halogens is 2. The predicted molar refractivity (Wildman–Crippen MR) is 92.5 cm³/mol. The maximum absolute atomic E-state index is 15.2. The van der Waals surface area contributed by atoms with Gasteiger partial charge in [0.2, 0.25) is 5.43 Å². The van der Waals surface area contributed by atoms with E-state index in [1.807, 2.05) is 6.92 Å². The number of phenols is 1. The van der Waals surface area contributed by atoms with Gasteiger partial charge in [0.25, 0.3) is 0 Å². The Morgan fingerprint density at radius 3 is 2.42 bits per heavy atom. The summed E-state index contributed by atoms with van der Waals surface area (Å²) in [6, 6.07) is 6.17. The summed E-state index contributed by atoms with van der Waals surface area (Å²) in [5, 5.41) is 18.2. The monoisotopic (exact) mass is 359 g/mol. The molecule has 3 rings (SSSR count). The minimum Gasteiger partial charge on any atom is -0.508 e. The van der Waals surface area contributed by atoms with Gasteiger partial charge in [-0.05, 0) is 30.2 Å². The second-order valence-corrected chi connectivity index (χ2v) is 5.86. The molecule has 7 heteroatoms. The van der Waals surface area contributed by atoms with Crippen LogP contribution in [-0.2, 0) is 6.54 Å². The van der Waals surface area contributed by atoms with E-state index in [-0.39, 0.29) is 34.3 Å². The highest BCUT2D eigenvalue weighted by molar-refractivity contribution is 5.94. The molecular formula is C19H15F2NO4. The smallest absolute Gasteiger partial charge is 0.341 e. The summed E-state index contributed by atoms with van der Waals surface area (Å²) in [6.45, 7) is 2.07. The van der Waals surface area contributed by atoms with Gasteiger partial charge in [-0.2, -0.15) is 0 Å². The SMILES string of the molecule is CCCn1cc(C(=O)O)c(=O)c2cc(F)c(-c3ccc(O)cc3)c(F)c21. The topological polar surface area (TPSA) is 79.5 Å². The van der Waals surface area contributed by atoms with Crippen LogP contribution in [0.1, 0.15) is 23.7 Å². The van der Waals surface area contributed by atoms with Crippen molar-refractivity contribution in [3.05, 3.63) is 63.9 Å².